The first kappa shape index (κ1) is 16.9. The normalized spacial score (nSPS) is 14.3. The van der Waals surface area contributed by atoms with Gasteiger partial charge in [0.25, 0.3) is 0 Å². The molecule has 1 heterocycles. The summed E-state index contributed by atoms with van der Waals surface area (Å²) in [5.41, 5.74) is 8.29. The molecule has 0 fully saturated rings. The minimum Gasteiger partial charge on any atom is -0.492 e. The van der Waals surface area contributed by atoms with Gasteiger partial charge in [-0.15, -0.1) is 0 Å². The fourth-order valence-corrected chi connectivity index (χ4v) is 3.14. The number of halogens is 1. The van der Waals surface area contributed by atoms with Crippen molar-refractivity contribution in [2.45, 2.75) is 19.3 Å². The molecule has 0 aromatic heterocycles. The molecule has 0 spiro atoms. The lowest BCUT2D eigenvalue weighted by atomic mass is 9.91. The summed E-state index contributed by atoms with van der Waals surface area (Å²) in [6.45, 7) is 4.26. The highest BCUT2D eigenvalue weighted by Gasteiger charge is 2.17. The maximum atomic E-state index is 6.28. The molecule has 0 aliphatic carbocycles. The van der Waals surface area contributed by atoms with Gasteiger partial charge in [-0.25, -0.2) is 0 Å². The summed E-state index contributed by atoms with van der Waals surface area (Å²) < 4.78 is 16.7. The van der Waals surface area contributed by atoms with Crippen LogP contribution in [-0.4, -0.2) is 26.4 Å². The van der Waals surface area contributed by atoms with Crippen LogP contribution in [0.1, 0.15) is 24.0 Å². The monoisotopic (exact) mass is 347 g/mol. The van der Waals surface area contributed by atoms with Crippen LogP contribution in [-0.2, 0) is 6.42 Å². The molecular weight excluding hydrogens is 326 g/mol. The lowest BCUT2D eigenvalue weighted by Crippen LogP contribution is -2.18. The maximum absolute atomic E-state index is 6.28. The summed E-state index contributed by atoms with van der Waals surface area (Å²) in [5, 5.41) is 0.632. The predicted octanol–water partition coefficient (Wildman–Crippen LogP) is 3.79. The van der Waals surface area contributed by atoms with E-state index in [0.29, 0.717) is 37.1 Å². The third-order valence-electron chi connectivity index (χ3n) is 4.10. The van der Waals surface area contributed by atoms with Crippen LogP contribution >= 0.6 is 11.6 Å². The molecule has 1 unspecified atom stereocenters. The van der Waals surface area contributed by atoms with Gasteiger partial charge in [0.1, 0.15) is 19.0 Å². The zero-order chi connectivity index (χ0) is 16.9. The van der Waals surface area contributed by atoms with Crippen molar-refractivity contribution >= 4 is 11.6 Å². The molecule has 128 valence electrons. The van der Waals surface area contributed by atoms with Gasteiger partial charge in [-0.3, -0.25) is 0 Å². The van der Waals surface area contributed by atoms with Gasteiger partial charge in [0, 0.05) is 5.92 Å². The second kappa shape index (κ2) is 7.77. The van der Waals surface area contributed by atoms with Crippen molar-refractivity contribution in [3.63, 3.8) is 0 Å². The summed E-state index contributed by atoms with van der Waals surface area (Å²) in [4.78, 5) is 0. The number of benzene rings is 2. The van der Waals surface area contributed by atoms with E-state index in [2.05, 4.69) is 6.07 Å². The highest BCUT2D eigenvalue weighted by molar-refractivity contribution is 6.32. The average Bonchev–Trinajstić information content (AvgIpc) is 2.61. The van der Waals surface area contributed by atoms with Crippen LogP contribution in [0.25, 0.3) is 0 Å². The molecule has 5 heteroatoms. The lowest BCUT2D eigenvalue weighted by molar-refractivity contribution is 0.171. The summed E-state index contributed by atoms with van der Waals surface area (Å²) in [5.74, 6) is 2.49. The van der Waals surface area contributed by atoms with Gasteiger partial charge < -0.3 is 19.9 Å². The zero-order valence-corrected chi connectivity index (χ0v) is 14.5. The Hall–Kier alpha value is -1.91. The summed E-state index contributed by atoms with van der Waals surface area (Å²) in [6, 6.07) is 11.9. The Morgan fingerprint density at radius 3 is 2.62 bits per heavy atom. The van der Waals surface area contributed by atoms with E-state index in [9.17, 15) is 0 Å². The Morgan fingerprint density at radius 2 is 1.92 bits per heavy atom. The number of hydrogen-bond acceptors (Lipinski definition) is 4. The molecule has 4 nitrogen and oxygen atoms in total. The van der Waals surface area contributed by atoms with Gasteiger partial charge in [0.2, 0.25) is 0 Å². The first-order valence-electron chi connectivity index (χ1n) is 8.22. The molecular formula is C19H22ClNO3. The molecule has 0 bridgehead atoms. The van der Waals surface area contributed by atoms with Crippen molar-refractivity contribution in [3.8, 4) is 17.2 Å². The Labute approximate surface area is 147 Å². The number of hydrogen-bond donors (Lipinski definition) is 1. The molecule has 2 aromatic rings. The first-order valence-corrected chi connectivity index (χ1v) is 8.60. The highest BCUT2D eigenvalue weighted by atomic mass is 35.5. The van der Waals surface area contributed by atoms with Gasteiger partial charge in [0.05, 0.1) is 11.6 Å². The van der Waals surface area contributed by atoms with Crippen LogP contribution in [0.4, 0.5) is 0 Å². The van der Waals surface area contributed by atoms with Crippen LogP contribution in [0.15, 0.2) is 36.4 Å². The molecule has 24 heavy (non-hydrogen) atoms. The molecule has 3 rings (SSSR count). The van der Waals surface area contributed by atoms with Crippen molar-refractivity contribution in [3.05, 3.63) is 52.5 Å². The molecule has 2 N–H and O–H groups in total. The van der Waals surface area contributed by atoms with Gasteiger partial charge in [-0.05, 0) is 55.3 Å². The van der Waals surface area contributed by atoms with Crippen LogP contribution < -0.4 is 19.9 Å². The van der Waals surface area contributed by atoms with Crippen molar-refractivity contribution in [2.24, 2.45) is 5.73 Å². The Morgan fingerprint density at radius 1 is 1.12 bits per heavy atom. The number of fused-ring (bicyclic) bond motifs is 1. The molecule has 0 radical (unpaired) electrons. The Balaban J connectivity index is 1.78. The minimum atomic E-state index is 0.190. The molecule has 1 aliphatic rings. The Bertz CT molecular complexity index is 705. The molecule has 0 saturated carbocycles. The van der Waals surface area contributed by atoms with Crippen LogP contribution in [0.3, 0.4) is 0 Å². The van der Waals surface area contributed by atoms with E-state index in [1.807, 2.05) is 37.3 Å². The minimum absolute atomic E-state index is 0.190. The Kier molecular flexibility index (Phi) is 5.48. The van der Waals surface area contributed by atoms with Crippen molar-refractivity contribution in [1.29, 1.82) is 0 Å². The summed E-state index contributed by atoms with van der Waals surface area (Å²) in [7, 11) is 0. The van der Waals surface area contributed by atoms with E-state index in [-0.39, 0.29) is 5.92 Å². The third kappa shape index (κ3) is 3.77. The highest BCUT2D eigenvalue weighted by Crippen LogP contribution is 2.34. The fourth-order valence-electron chi connectivity index (χ4n) is 2.88. The van der Waals surface area contributed by atoms with Crippen molar-refractivity contribution < 1.29 is 14.2 Å². The third-order valence-corrected chi connectivity index (χ3v) is 4.40. The van der Waals surface area contributed by atoms with E-state index in [4.69, 9.17) is 31.5 Å². The average molecular weight is 348 g/mol. The lowest BCUT2D eigenvalue weighted by Gasteiger charge is -2.22. The molecule has 1 atom stereocenters. The fraction of sp³-hybridized carbons (Fsp3) is 0.368. The maximum Gasteiger partial charge on any atom is 0.161 e. The van der Waals surface area contributed by atoms with E-state index in [1.165, 1.54) is 0 Å². The second-order valence-electron chi connectivity index (χ2n) is 5.74. The van der Waals surface area contributed by atoms with Crippen LogP contribution in [0.2, 0.25) is 5.02 Å². The quantitative estimate of drug-likeness (QED) is 0.863. The number of rotatable bonds is 6. The van der Waals surface area contributed by atoms with Gasteiger partial charge in [-0.2, -0.15) is 0 Å². The molecule has 2 aromatic carbocycles. The molecule has 0 saturated heterocycles. The van der Waals surface area contributed by atoms with Gasteiger partial charge >= 0.3 is 0 Å². The van der Waals surface area contributed by atoms with Gasteiger partial charge in [0.15, 0.2) is 11.5 Å². The smallest absolute Gasteiger partial charge is 0.161 e. The second-order valence-corrected chi connectivity index (χ2v) is 6.14. The zero-order valence-electron chi connectivity index (χ0n) is 13.8. The SMILES string of the molecule is CCOc1ccc(CC(CN)c2ccc3c(c2)OCCO3)cc1Cl. The standard InChI is InChI=1S/C19H22ClNO3/c1-2-22-17-5-3-13(10-16(17)20)9-15(12-21)14-4-6-18-19(11-14)24-8-7-23-18/h3-6,10-11,15H,2,7-9,12,21H2,1H3. The van der Waals surface area contributed by atoms with E-state index >= 15 is 0 Å². The van der Waals surface area contributed by atoms with Crippen LogP contribution in [0, 0.1) is 0 Å². The van der Waals surface area contributed by atoms with E-state index in [1.54, 1.807) is 0 Å². The van der Waals surface area contributed by atoms with Crippen molar-refractivity contribution in [1.82, 2.24) is 0 Å². The predicted molar refractivity (Wildman–Crippen MR) is 95.6 cm³/mol. The largest absolute Gasteiger partial charge is 0.492 e. The molecule has 1 aliphatic heterocycles. The topological polar surface area (TPSA) is 53.7 Å². The molecule has 0 amide bonds. The number of nitrogens with two attached hydrogens (primary N) is 1. The van der Waals surface area contributed by atoms with Crippen molar-refractivity contribution in [2.75, 3.05) is 26.4 Å². The summed E-state index contributed by atoms with van der Waals surface area (Å²) >= 11 is 6.28. The first-order chi connectivity index (χ1) is 11.7. The van der Waals surface area contributed by atoms with Crippen LogP contribution in [0.5, 0.6) is 17.2 Å². The number of ether oxygens (including phenoxy) is 3. The summed E-state index contributed by atoms with van der Waals surface area (Å²) in [6.07, 6.45) is 0.808. The van der Waals surface area contributed by atoms with E-state index in [0.717, 1.165) is 29.0 Å². The van der Waals surface area contributed by atoms with E-state index < -0.39 is 0 Å². The van der Waals surface area contributed by atoms with Gasteiger partial charge in [-0.1, -0.05) is 23.7 Å².